The Kier molecular flexibility index (Phi) is 4.49. The summed E-state index contributed by atoms with van der Waals surface area (Å²) in [6.45, 7) is 7.95. The smallest absolute Gasteiger partial charge is 0.231 e. The van der Waals surface area contributed by atoms with Gasteiger partial charge in [0.15, 0.2) is 5.58 Å². The summed E-state index contributed by atoms with van der Waals surface area (Å²) >= 11 is 0. The van der Waals surface area contributed by atoms with Crippen LogP contribution in [0.1, 0.15) is 31.4 Å². The van der Waals surface area contributed by atoms with E-state index in [4.69, 9.17) is 4.42 Å². The minimum atomic E-state index is -0.0596. The van der Waals surface area contributed by atoms with E-state index in [0.717, 1.165) is 16.6 Å². The number of benzene rings is 2. The molecule has 0 radical (unpaired) electrons. The predicted molar refractivity (Wildman–Crippen MR) is 98.7 cm³/mol. The molecule has 0 aliphatic heterocycles. The summed E-state index contributed by atoms with van der Waals surface area (Å²) in [7, 11) is 0. The fourth-order valence-electron chi connectivity index (χ4n) is 2.86. The van der Waals surface area contributed by atoms with Gasteiger partial charge in [0, 0.05) is 12.1 Å². The molecule has 0 atom stereocenters. The maximum absolute atomic E-state index is 12.0. The van der Waals surface area contributed by atoms with Crippen molar-refractivity contribution in [3.8, 4) is 17.2 Å². The third kappa shape index (κ3) is 3.65. The van der Waals surface area contributed by atoms with Crippen LogP contribution in [0.15, 0.2) is 34.7 Å². The van der Waals surface area contributed by atoms with E-state index in [-0.39, 0.29) is 17.6 Å². The lowest BCUT2D eigenvalue weighted by Gasteiger charge is -2.09. The van der Waals surface area contributed by atoms with E-state index in [1.807, 2.05) is 39.8 Å². The van der Waals surface area contributed by atoms with E-state index in [1.165, 1.54) is 6.07 Å². The normalized spacial score (nSPS) is 11.2. The van der Waals surface area contributed by atoms with E-state index in [1.54, 1.807) is 12.1 Å². The van der Waals surface area contributed by atoms with Gasteiger partial charge in [-0.05, 0) is 55.2 Å². The molecule has 5 heteroatoms. The van der Waals surface area contributed by atoms with Crippen molar-refractivity contribution in [2.75, 3.05) is 5.32 Å². The molecule has 0 saturated heterocycles. The molecule has 1 heterocycles. The molecule has 2 N–H and O–H groups in total. The highest BCUT2D eigenvalue weighted by molar-refractivity contribution is 5.92. The molecule has 2 aromatic carbocycles. The maximum Gasteiger partial charge on any atom is 0.231 e. The number of aromatic nitrogens is 1. The zero-order valence-electron chi connectivity index (χ0n) is 14.9. The van der Waals surface area contributed by atoms with Crippen LogP contribution in [0.25, 0.3) is 22.6 Å². The van der Waals surface area contributed by atoms with Gasteiger partial charge in [0.05, 0.1) is 5.56 Å². The van der Waals surface area contributed by atoms with Gasteiger partial charge in [-0.2, -0.15) is 0 Å². The number of carbonyl (C=O) groups excluding carboxylic acids is 1. The zero-order chi connectivity index (χ0) is 18.1. The summed E-state index contributed by atoms with van der Waals surface area (Å²) in [6.07, 6.45) is 0.442. The molecule has 3 aromatic rings. The molecular weight excluding hydrogens is 316 g/mol. The summed E-state index contributed by atoms with van der Waals surface area (Å²) in [4.78, 5) is 16.5. The van der Waals surface area contributed by atoms with E-state index in [2.05, 4.69) is 10.3 Å². The minimum Gasteiger partial charge on any atom is -0.507 e. The van der Waals surface area contributed by atoms with Gasteiger partial charge in [-0.25, -0.2) is 4.98 Å². The topological polar surface area (TPSA) is 75.4 Å². The predicted octanol–water partition coefficient (Wildman–Crippen LogP) is 4.80. The highest BCUT2D eigenvalue weighted by Gasteiger charge is 2.15. The number of nitrogens with zero attached hydrogens (tertiary/aromatic N) is 1. The summed E-state index contributed by atoms with van der Waals surface area (Å²) < 4.78 is 5.86. The van der Waals surface area contributed by atoms with Crippen molar-refractivity contribution in [1.29, 1.82) is 0 Å². The Morgan fingerprint density at radius 2 is 2.00 bits per heavy atom. The van der Waals surface area contributed by atoms with Gasteiger partial charge < -0.3 is 14.8 Å². The maximum atomic E-state index is 12.0. The SMILES string of the molecule is Cc1cc(C)c2oc(-c3cc(NC(=O)CC(C)C)ccc3O)nc2c1. The van der Waals surface area contributed by atoms with Crippen molar-refractivity contribution in [1.82, 2.24) is 4.98 Å². The first-order valence-corrected chi connectivity index (χ1v) is 8.34. The van der Waals surface area contributed by atoms with Crippen molar-refractivity contribution in [3.05, 3.63) is 41.5 Å². The van der Waals surface area contributed by atoms with Crippen molar-refractivity contribution in [2.24, 2.45) is 5.92 Å². The summed E-state index contributed by atoms with van der Waals surface area (Å²) in [5, 5.41) is 13.0. The number of aryl methyl sites for hydroxylation is 2. The molecule has 0 bridgehead atoms. The molecule has 0 aliphatic rings. The quantitative estimate of drug-likeness (QED) is 0.670. The number of fused-ring (bicyclic) bond motifs is 1. The number of amides is 1. The summed E-state index contributed by atoms with van der Waals surface area (Å²) in [5.41, 5.74) is 4.61. The second-order valence-corrected chi connectivity index (χ2v) is 6.83. The molecule has 0 unspecified atom stereocenters. The summed E-state index contributed by atoms with van der Waals surface area (Å²) in [5.74, 6) is 0.611. The molecule has 3 rings (SSSR count). The molecule has 130 valence electrons. The number of nitrogens with one attached hydrogen (secondary N) is 1. The van der Waals surface area contributed by atoms with Gasteiger partial charge in [0.25, 0.3) is 0 Å². The van der Waals surface area contributed by atoms with Crippen LogP contribution in [0, 0.1) is 19.8 Å². The van der Waals surface area contributed by atoms with Gasteiger partial charge in [-0.15, -0.1) is 0 Å². The van der Waals surface area contributed by atoms with Gasteiger partial charge in [-0.1, -0.05) is 19.9 Å². The number of hydrogen-bond donors (Lipinski definition) is 2. The molecular formula is C20H22N2O3. The Bertz CT molecular complexity index is 942. The third-order valence-electron chi connectivity index (χ3n) is 3.92. The van der Waals surface area contributed by atoms with Crippen LogP contribution in [0.3, 0.4) is 0 Å². The Hall–Kier alpha value is -2.82. The van der Waals surface area contributed by atoms with Crippen molar-refractivity contribution >= 4 is 22.7 Å². The number of phenols is 1. The van der Waals surface area contributed by atoms with Crippen molar-refractivity contribution < 1.29 is 14.3 Å². The highest BCUT2D eigenvalue weighted by Crippen LogP contribution is 2.34. The number of anilines is 1. The Morgan fingerprint density at radius 3 is 2.72 bits per heavy atom. The Labute approximate surface area is 146 Å². The number of carbonyl (C=O) groups is 1. The number of hydrogen-bond acceptors (Lipinski definition) is 4. The van der Waals surface area contributed by atoms with Crippen LogP contribution in [-0.2, 0) is 4.79 Å². The van der Waals surface area contributed by atoms with Crippen LogP contribution in [0.2, 0.25) is 0 Å². The van der Waals surface area contributed by atoms with Gasteiger partial charge in [0.2, 0.25) is 11.8 Å². The van der Waals surface area contributed by atoms with Gasteiger partial charge in [-0.3, -0.25) is 4.79 Å². The zero-order valence-corrected chi connectivity index (χ0v) is 14.9. The Morgan fingerprint density at radius 1 is 1.24 bits per heavy atom. The fourth-order valence-corrected chi connectivity index (χ4v) is 2.86. The molecule has 25 heavy (non-hydrogen) atoms. The first kappa shape index (κ1) is 17.0. The molecule has 0 spiro atoms. The lowest BCUT2D eigenvalue weighted by molar-refractivity contribution is -0.116. The van der Waals surface area contributed by atoms with Crippen LogP contribution in [-0.4, -0.2) is 16.0 Å². The second-order valence-electron chi connectivity index (χ2n) is 6.83. The van der Waals surface area contributed by atoms with Crippen LogP contribution in [0.4, 0.5) is 5.69 Å². The number of phenolic OH excluding ortho intramolecular Hbond substituents is 1. The highest BCUT2D eigenvalue weighted by atomic mass is 16.3. The molecule has 1 aromatic heterocycles. The van der Waals surface area contributed by atoms with Crippen LogP contribution in [0.5, 0.6) is 5.75 Å². The first-order chi connectivity index (χ1) is 11.8. The number of aromatic hydroxyl groups is 1. The second kappa shape index (κ2) is 6.59. The van der Waals surface area contributed by atoms with Crippen LogP contribution >= 0.6 is 0 Å². The molecule has 1 amide bonds. The average Bonchev–Trinajstić information content (AvgIpc) is 2.92. The van der Waals surface area contributed by atoms with E-state index in [9.17, 15) is 9.90 Å². The molecule has 0 aliphatic carbocycles. The van der Waals surface area contributed by atoms with Gasteiger partial charge >= 0.3 is 0 Å². The monoisotopic (exact) mass is 338 g/mol. The lowest BCUT2D eigenvalue weighted by Crippen LogP contribution is -2.13. The first-order valence-electron chi connectivity index (χ1n) is 8.34. The van der Waals surface area contributed by atoms with Crippen LogP contribution < -0.4 is 5.32 Å². The average molecular weight is 338 g/mol. The molecule has 0 fully saturated rings. The van der Waals surface area contributed by atoms with E-state index < -0.39 is 0 Å². The van der Waals surface area contributed by atoms with Crippen molar-refractivity contribution in [3.63, 3.8) is 0 Å². The van der Waals surface area contributed by atoms with E-state index >= 15 is 0 Å². The Balaban J connectivity index is 1.98. The minimum absolute atomic E-state index is 0.0581. The third-order valence-corrected chi connectivity index (χ3v) is 3.92. The number of rotatable bonds is 4. The summed E-state index contributed by atoms with van der Waals surface area (Å²) in [6, 6.07) is 8.85. The van der Waals surface area contributed by atoms with Gasteiger partial charge in [0.1, 0.15) is 11.3 Å². The largest absolute Gasteiger partial charge is 0.507 e. The fraction of sp³-hybridized carbons (Fsp3) is 0.300. The van der Waals surface area contributed by atoms with E-state index in [0.29, 0.717) is 29.1 Å². The standard InChI is InChI=1S/C20H22N2O3/c1-11(2)7-18(24)21-14-5-6-17(23)15(10-14)20-22-16-9-12(3)8-13(4)19(16)25-20/h5-6,8-11,23H,7H2,1-4H3,(H,21,24). The lowest BCUT2D eigenvalue weighted by atomic mass is 10.1. The molecule has 0 saturated carbocycles. The molecule has 5 nitrogen and oxygen atoms in total. The van der Waals surface area contributed by atoms with Crippen molar-refractivity contribution in [2.45, 2.75) is 34.1 Å². The number of oxazole rings is 1.